The Kier molecular flexibility index (Phi) is 4.17. The average molecular weight is 291 g/mol. The highest BCUT2D eigenvalue weighted by Crippen LogP contribution is 2.40. The molecular weight excluding hydrogens is 266 g/mol. The molecule has 0 unspecified atom stereocenters. The van der Waals surface area contributed by atoms with Crippen LogP contribution in [0.1, 0.15) is 38.8 Å². The van der Waals surface area contributed by atoms with Gasteiger partial charge in [0.15, 0.2) is 11.5 Å². The second-order valence-corrected chi connectivity index (χ2v) is 6.60. The Morgan fingerprint density at radius 1 is 1.19 bits per heavy atom. The maximum absolute atomic E-state index is 12.3. The van der Waals surface area contributed by atoms with Crippen molar-refractivity contribution < 1.29 is 14.3 Å². The van der Waals surface area contributed by atoms with Crippen molar-refractivity contribution >= 4 is 5.91 Å². The van der Waals surface area contributed by atoms with Crippen LogP contribution in [0.25, 0.3) is 0 Å². The molecular formula is C17H25NO3. The molecule has 0 saturated carbocycles. The molecule has 0 aliphatic carbocycles. The molecule has 1 aliphatic heterocycles. The Morgan fingerprint density at radius 2 is 1.76 bits per heavy atom. The lowest BCUT2D eigenvalue weighted by molar-refractivity contribution is -0.136. The van der Waals surface area contributed by atoms with Crippen molar-refractivity contribution in [3.05, 3.63) is 23.3 Å². The number of carbonyl (C=O) groups is 1. The van der Waals surface area contributed by atoms with Crippen molar-refractivity contribution in [3.8, 4) is 11.5 Å². The molecule has 0 bridgehead atoms. The van der Waals surface area contributed by atoms with E-state index >= 15 is 0 Å². The first-order valence-electron chi connectivity index (χ1n) is 7.34. The van der Waals surface area contributed by atoms with Gasteiger partial charge in [0.25, 0.3) is 0 Å². The van der Waals surface area contributed by atoms with Gasteiger partial charge in [-0.1, -0.05) is 27.7 Å². The van der Waals surface area contributed by atoms with Crippen LogP contribution in [0.15, 0.2) is 12.1 Å². The fraction of sp³-hybridized carbons (Fsp3) is 0.588. The van der Waals surface area contributed by atoms with E-state index in [0.29, 0.717) is 12.3 Å². The number of fused-ring (bicyclic) bond motifs is 1. The molecule has 1 heterocycles. The number of hydrogen-bond acceptors (Lipinski definition) is 3. The third kappa shape index (κ3) is 2.85. The lowest BCUT2D eigenvalue weighted by Crippen LogP contribution is -2.46. The van der Waals surface area contributed by atoms with Crippen molar-refractivity contribution in [3.63, 3.8) is 0 Å². The topological polar surface area (TPSA) is 38.8 Å². The smallest absolute Gasteiger partial charge is 0.225 e. The molecule has 1 aliphatic rings. The van der Waals surface area contributed by atoms with Gasteiger partial charge in [0.1, 0.15) is 0 Å². The van der Waals surface area contributed by atoms with Crippen LogP contribution in [-0.4, -0.2) is 31.6 Å². The molecule has 0 atom stereocenters. The van der Waals surface area contributed by atoms with Crippen LogP contribution in [0.4, 0.5) is 0 Å². The summed E-state index contributed by atoms with van der Waals surface area (Å²) in [5.74, 6) is 1.67. The second kappa shape index (κ2) is 5.58. The number of carbonyl (C=O) groups excluding carboxylic acids is 1. The molecule has 1 aromatic rings. The van der Waals surface area contributed by atoms with Crippen LogP contribution >= 0.6 is 0 Å². The molecule has 2 rings (SSSR count). The summed E-state index contributed by atoms with van der Waals surface area (Å²) in [4.78, 5) is 14.3. The number of benzene rings is 1. The first kappa shape index (κ1) is 15.7. The molecule has 0 aromatic heterocycles. The lowest BCUT2D eigenvalue weighted by atomic mass is 9.78. The number of ether oxygens (including phenoxy) is 2. The van der Waals surface area contributed by atoms with E-state index in [9.17, 15) is 4.79 Å². The minimum absolute atomic E-state index is 0.0162. The summed E-state index contributed by atoms with van der Waals surface area (Å²) in [7, 11) is 3.28. The van der Waals surface area contributed by atoms with Crippen molar-refractivity contribution in [2.45, 2.75) is 39.7 Å². The number of amides is 1. The maximum atomic E-state index is 12.3. The quantitative estimate of drug-likeness (QED) is 0.859. The summed E-state index contributed by atoms with van der Waals surface area (Å²) in [5.41, 5.74) is 2.27. The van der Waals surface area contributed by atoms with Gasteiger partial charge in [-0.2, -0.15) is 0 Å². The van der Waals surface area contributed by atoms with Gasteiger partial charge < -0.3 is 14.4 Å². The van der Waals surface area contributed by atoms with Gasteiger partial charge in [0, 0.05) is 24.4 Å². The third-order valence-electron chi connectivity index (χ3n) is 4.09. The zero-order valence-electron chi connectivity index (χ0n) is 13.8. The average Bonchev–Trinajstić information content (AvgIpc) is 2.44. The first-order valence-corrected chi connectivity index (χ1v) is 7.34. The van der Waals surface area contributed by atoms with Crippen LogP contribution < -0.4 is 9.47 Å². The highest BCUT2D eigenvalue weighted by molar-refractivity contribution is 5.78. The molecule has 4 nitrogen and oxygen atoms in total. The van der Waals surface area contributed by atoms with Crippen LogP contribution in [0.5, 0.6) is 11.5 Å². The first-order chi connectivity index (χ1) is 9.80. The Bertz CT molecular complexity index is 549. The number of rotatable bonds is 3. The van der Waals surface area contributed by atoms with Crippen LogP contribution in [0.2, 0.25) is 0 Å². The van der Waals surface area contributed by atoms with Gasteiger partial charge in [-0.05, 0) is 23.3 Å². The molecule has 1 amide bonds. The van der Waals surface area contributed by atoms with E-state index in [1.165, 1.54) is 5.56 Å². The third-order valence-corrected chi connectivity index (χ3v) is 4.09. The van der Waals surface area contributed by atoms with Crippen molar-refractivity contribution in [2.24, 2.45) is 5.92 Å². The molecule has 4 heteroatoms. The highest BCUT2D eigenvalue weighted by Gasteiger charge is 2.35. The molecule has 1 aromatic carbocycles. The van der Waals surface area contributed by atoms with Crippen LogP contribution in [0, 0.1) is 5.92 Å². The van der Waals surface area contributed by atoms with E-state index in [2.05, 4.69) is 13.8 Å². The van der Waals surface area contributed by atoms with E-state index in [1.54, 1.807) is 14.2 Å². The van der Waals surface area contributed by atoms with Gasteiger partial charge in [-0.3, -0.25) is 4.79 Å². The van der Waals surface area contributed by atoms with Crippen molar-refractivity contribution in [2.75, 3.05) is 20.8 Å². The maximum Gasteiger partial charge on any atom is 0.225 e. The largest absolute Gasteiger partial charge is 0.493 e. The predicted octanol–water partition coefficient (Wildman–Crippen LogP) is 2.98. The Hall–Kier alpha value is -1.71. The summed E-state index contributed by atoms with van der Waals surface area (Å²) in [6.07, 6.45) is 0. The van der Waals surface area contributed by atoms with E-state index in [-0.39, 0.29) is 17.2 Å². The minimum atomic E-state index is -0.0995. The number of nitrogens with zero attached hydrogens (tertiary/aromatic N) is 1. The number of hydrogen-bond donors (Lipinski definition) is 0. The summed E-state index contributed by atoms with van der Waals surface area (Å²) >= 11 is 0. The Balaban J connectivity index is 2.47. The highest BCUT2D eigenvalue weighted by atomic mass is 16.5. The Morgan fingerprint density at radius 3 is 2.29 bits per heavy atom. The summed E-state index contributed by atoms with van der Waals surface area (Å²) in [6.45, 7) is 9.58. The standard InChI is InChI=1S/C17H25NO3/c1-11(2)16(19)18-9-12-7-14(20-5)15(21-6)8-13(12)17(3,4)10-18/h7-8,11H,9-10H2,1-6H3. The zero-order chi connectivity index (χ0) is 15.8. The van der Waals surface area contributed by atoms with Crippen LogP contribution in [0.3, 0.4) is 0 Å². The monoisotopic (exact) mass is 291 g/mol. The van der Waals surface area contributed by atoms with Gasteiger partial charge in [0.2, 0.25) is 5.91 Å². The lowest BCUT2D eigenvalue weighted by Gasteiger charge is -2.41. The van der Waals surface area contributed by atoms with E-state index in [0.717, 1.165) is 17.9 Å². The SMILES string of the molecule is COc1cc2c(cc1OC)C(C)(C)CN(C(=O)C(C)C)C2. The molecule has 0 fully saturated rings. The fourth-order valence-corrected chi connectivity index (χ4v) is 3.03. The molecule has 116 valence electrons. The van der Waals surface area contributed by atoms with E-state index in [1.807, 2.05) is 30.9 Å². The molecule has 0 N–H and O–H groups in total. The van der Waals surface area contributed by atoms with Crippen molar-refractivity contribution in [1.82, 2.24) is 4.90 Å². The van der Waals surface area contributed by atoms with E-state index in [4.69, 9.17) is 9.47 Å². The molecule has 0 radical (unpaired) electrons. The molecule has 0 saturated heterocycles. The zero-order valence-corrected chi connectivity index (χ0v) is 13.8. The summed E-state index contributed by atoms with van der Waals surface area (Å²) in [6, 6.07) is 4.04. The summed E-state index contributed by atoms with van der Waals surface area (Å²) in [5, 5.41) is 0. The van der Waals surface area contributed by atoms with Gasteiger partial charge in [0.05, 0.1) is 14.2 Å². The van der Waals surface area contributed by atoms with Gasteiger partial charge in [-0.15, -0.1) is 0 Å². The van der Waals surface area contributed by atoms with Gasteiger partial charge in [-0.25, -0.2) is 0 Å². The summed E-state index contributed by atoms with van der Waals surface area (Å²) < 4.78 is 10.8. The van der Waals surface area contributed by atoms with Crippen molar-refractivity contribution in [1.29, 1.82) is 0 Å². The predicted molar refractivity (Wildman–Crippen MR) is 82.8 cm³/mol. The molecule has 21 heavy (non-hydrogen) atoms. The Labute approximate surface area is 127 Å². The normalized spacial score (nSPS) is 16.6. The second-order valence-electron chi connectivity index (χ2n) is 6.60. The van der Waals surface area contributed by atoms with Crippen LogP contribution in [-0.2, 0) is 16.8 Å². The number of methoxy groups -OCH3 is 2. The minimum Gasteiger partial charge on any atom is -0.493 e. The fourth-order valence-electron chi connectivity index (χ4n) is 3.03. The van der Waals surface area contributed by atoms with Gasteiger partial charge >= 0.3 is 0 Å². The van der Waals surface area contributed by atoms with E-state index < -0.39 is 0 Å². The molecule has 0 spiro atoms.